The molecule has 0 bridgehead atoms. The molecule has 1 aliphatic heterocycles. The third-order valence-electron chi connectivity index (χ3n) is 3.84. The Morgan fingerprint density at radius 2 is 2.14 bits per heavy atom. The number of ether oxygens (including phenoxy) is 1. The van der Waals surface area contributed by atoms with Crippen molar-refractivity contribution >= 4 is 12.0 Å². The van der Waals surface area contributed by atoms with Crippen molar-refractivity contribution in [2.75, 3.05) is 13.2 Å². The number of carboxylic acid groups (broad SMARTS) is 1. The summed E-state index contributed by atoms with van der Waals surface area (Å²) in [5, 5.41) is 8.62. The third-order valence-corrected chi connectivity index (χ3v) is 3.84. The van der Waals surface area contributed by atoms with Gasteiger partial charge in [-0.25, -0.2) is 4.79 Å². The van der Waals surface area contributed by atoms with Crippen LogP contribution in [0.5, 0.6) is 0 Å². The fourth-order valence-corrected chi connectivity index (χ4v) is 2.62. The zero-order chi connectivity index (χ0) is 15.2. The first-order chi connectivity index (χ1) is 10.1. The van der Waals surface area contributed by atoms with Crippen LogP contribution in [0.25, 0.3) is 6.08 Å². The van der Waals surface area contributed by atoms with Crippen LogP contribution in [0.2, 0.25) is 0 Å². The number of hydrogen-bond donors (Lipinski definition) is 1. The van der Waals surface area contributed by atoms with E-state index in [1.54, 1.807) is 6.08 Å². The lowest BCUT2D eigenvalue weighted by molar-refractivity contribution is -0.131. The lowest BCUT2D eigenvalue weighted by Gasteiger charge is -2.38. The summed E-state index contributed by atoms with van der Waals surface area (Å²) < 4.78 is 5.72. The van der Waals surface area contributed by atoms with E-state index in [1.165, 1.54) is 5.56 Å². The largest absolute Gasteiger partial charge is 0.478 e. The number of rotatable bonds is 5. The summed E-state index contributed by atoms with van der Waals surface area (Å²) in [5.41, 5.74) is 2.15. The van der Waals surface area contributed by atoms with E-state index in [-0.39, 0.29) is 6.10 Å². The molecule has 0 radical (unpaired) electrons. The number of carbonyl (C=O) groups is 1. The SMILES string of the molecule is CCC1COC(C)CN1Cc1ccc(C=CC(=O)O)cc1. The molecule has 1 aliphatic rings. The molecule has 0 amide bonds. The second-order valence-corrected chi connectivity index (χ2v) is 5.55. The van der Waals surface area contributed by atoms with Crippen molar-refractivity contribution < 1.29 is 14.6 Å². The van der Waals surface area contributed by atoms with Crippen LogP contribution in [0.1, 0.15) is 31.4 Å². The molecule has 4 heteroatoms. The van der Waals surface area contributed by atoms with Crippen molar-refractivity contribution in [2.24, 2.45) is 0 Å². The Bertz CT molecular complexity index is 495. The average Bonchev–Trinajstić information content (AvgIpc) is 2.47. The van der Waals surface area contributed by atoms with Crippen molar-refractivity contribution in [2.45, 2.75) is 39.0 Å². The monoisotopic (exact) mass is 289 g/mol. The van der Waals surface area contributed by atoms with Crippen molar-refractivity contribution in [3.05, 3.63) is 41.5 Å². The first kappa shape index (κ1) is 15.7. The molecule has 4 nitrogen and oxygen atoms in total. The number of hydrogen-bond acceptors (Lipinski definition) is 3. The van der Waals surface area contributed by atoms with Crippen LogP contribution in [0.3, 0.4) is 0 Å². The quantitative estimate of drug-likeness (QED) is 0.847. The molecule has 2 rings (SSSR count). The van der Waals surface area contributed by atoms with Gasteiger partial charge >= 0.3 is 5.97 Å². The second kappa shape index (κ2) is 7.38. The predicted molar refractivity (Wildman–Crippen MR) is 83.0 cm³/mol. The Morgan fingerprint density at radius 3 is 2.76 bits per heavy atom. The van der Waals surface area contributed by atoms with Crippen molar-refractivity contribution in [3.63, 3.8) is 0 Å². The van der Waals surface area contributed by atoms with Gasteiger partial charge in [0, 0.05) is 25.2 Å². The summed E-state index contributed by atoms with van der Waals surface area (Å²) in [6.45, 7) is 6.97. The molecular formula is C17H23NO3. The first-order valence-corrected chi connectivity index (χ1v) is 7.44. The van der Waals surface area contributed by atoms with Crippen LogP contribution < -0.4 is 0 Å². The molecule has 0 aromatic heterocycles. The maximum Gasteiger partial charge on any atom is 0.328 e. The minimum absolute atomic E-state index is 0.283. The van der Waals surface area contributed by atoms with Gasteiger partial charge in [0.05, 0.1) is 12.7 Å². The first-order valence-electron chi connectivity index (χ1n) is 7.44. The van der Waals surface area contributed by atoms with E-state index >= 15 is 0 Å². The van der Waals surface area contributed by atoms with Crippen molar-refractivity contribution in [3.8, 4) is 0 Å². The van der Waals surface area contributed by atoms with E-state index in [9.17, 15) is 4.79 Å². The van der Waals surface area contributed by atoms with Crippen LogP contribution >= 0.6 is 0 Å². The van der Waals surface area contributed by atoms with Gasteiger partial charge in [-0.2, -0.15) is 0 Å². The summed E-state index contributed by atoms with van der Waals surface area (Å²) in [5.74, 6) is -0.924. The number of morpholine rings is 1. The van der Waals surface area contributed by atoms with Crippen molar-refractivity contribution in [1.82, 2.24) is 4.90 Å². The van der Waals surface area contributed by atoms with Gasteiger partial charge in [-0.3, -0.25) is 4.90 Å². The van der Waals surface area contributed by atoms with E-state index in [0.29, 0.717) is 6.04 Å². The van der Waals surface area contributed by atoms with E-state index in [1.807, 2.05) is 12.1 Å². The maximum atomic E-state index is 10.5. The highest BCUT2D eigenvalue weighted by Crippen LogP contribution is 2.18. The van der Waals surface area contributed by atoms with Gasteiger partial charge in [-0.15, -0.1) is 0 Å². The van der Waals surface area contributed by atoms with Gasteiger partial charge in [0.1, 0.15) is 0 Å². The number of carboxylic acids is 1. The molecule has 1 aromatic carbocycles. The minimum atomic E-state index is -0.924. The molecular weight excluding hydrogens is 266 g/mol. The molecule has 1 N–H and O–H groups in total. The fraction of sp³-hybridized carbons (Fsp3) is 0.471. The molecule has 0 saturated carbocycles. The molecule has 0 spiro atoms. The average molecular weight is 289 g/mol. The Labute approximate surface area is 126 Å². The molecule has 1 fully saturated rings. The van der Waals surface area contributed by atoms with E-state index in [2.05, 4.69) is 30.9 Å². The molecule has 1 heterocycles. The summed E-state index contributed by atoms with van der Waals surface area (Å²) in [6.07, 6.45) is 4.14. The van der Waals surface area contributed by atoms with Gasteiger partial charge in [-0.1, -0.05) is 31.2 Å². The lowest BCUT2D eigenvalue weighted by atomic mass is 10.1. The highest BCUT2D eigenvalue weighted by atomic mass is 16.5. The fourth-order valence-electron chi connectivity index (χ4n) is 2.62. The molecule has 114 valence electrons. The highest BCUT2D eigenvalue weighted by Gasteiger charge is 2.25. The van der Waals surface area contributed by atoms with Crippen LogP contribution in [-0.4, -0.2) is 41.3 Å². The van der Waals surface area contributed by atoms with Gasteiger partial charge < -0.3 is 9.84 Å². The zero-order valence-electron chi connectivity index (χ0n) is 12.7. The summed E-state index contributed by atoms with van der Waals surface area (Å²) >= 11 is 0. The highest BCUT2D eigenvalue weighted by molar-refractivity contribution is 5.85. The molecule has 0 aliphatic carbocycles. The standard InChI is InChI=1S/C17H23NO3/c1-3-16-12-21-13(2)10-18(16)11-15-6-4-14(5-7-15)8-9-17(19)20/h4-9,13,16H,3,10-12H2,1-2H3,(H,19,20). The summed E-state index contributed by atoms with van der Waals surface area (Å²) in [7, 11) is 0. The smallest absolute Gasteiger partial charge is 0.328 e. The normalized spacial score (nSPS) is 23.5. The molecule has 1 aromatic rings. The van der Waals surface area contributed by atoms with Crippen LogP contribution in [0.4, 0.5) is 0 Å². The van der Waals surface area contributed by atoms with Crippen molar-refractivity contribution in [1.29, 1.82) is 0 Å². The molecule has 1 saturated heterocycles. The van der Waals surface area contributed by atoms with Crippen LogP contribution in [0.15, 0.2) is 30.3 Å². The topological polar surface area (TPSA) is 49.8 Å². The number of nitrogens with zero attached hydrogens (tertiary/aromatic N) is 1. The predicted octanol–water partition coefficient (Wildman–Crippen LogP) is 2.78. The summed E-state index contributed by atoms with van der Waals surface area (Å²) in [6, 6.07) is 8.52. The van der Waals surface area contributed by atoms with Gasteiger partial charge in [0.2, 0.25) is 0 Å². The number of benzene rings is 1. The van der Waals surface area contributed by atoms with Gasteiger partial charge in [0.25, 0.3) is 0 Å². The summed E-state index contributed by atoms with van der Waals surface area (Å²) in [4.78, 5) is 13.0. The minimum Gasteiger partial charge on any atom is -0.478 e. The maximum absolute atomic E-state index is 10.5. The zero-order valence-corrected chi connectivity index (χ0v) is 12.7. The lowest BCUT2D eigenvalue weighted by Crippen LogP contribution is -2.47. The molecule has 2 atom stereocenters. The van der Waals surface area contributed by atoms with E-state index < -0.39 is 5.97 Å². The Kier molecular flexibility index (Phi) is 5.53. The van der Waals surface area contributed by atoms with Gasteiger partial charge in [-0.05, 0) is 30.5 Å². The van der Waals surface area contributed by atoms with E-state index in [0.717, 1.165) is 37.8 Å². The van der Waals surface area contributed by atoms with Gasteiger partial charge in [0.15, 0.2) is 0 Å². The number of aliphatic carboxylic acids is 1. The molecule has 21 heavy (non-hydrogen) atoms. The second-order valence-electron chi connectivity index (χ2n) is 5.55. The Morgan fingerprint density at radius 1 is 1.43 bits per heavy atom. The van der Waals surface area contributed by atoms with E-state index in [4.69, 9.17) is 9.84 Å². The Hall–Kier alpha value is -1.65. The van der Waals surface area contributed by atoms with Crippen LogP contribution in [0, 0.1) is 0 Å². The van der Waals surface area contributed by atoms with Crippen LogP contribution in [-0.2, 0) is 16.1 Å². The third kappa shape index (κ3) is 4.69. The molecule has 2 unspecified atom stereocenters. The Balaban J connectivity index is 2.00.